The summed E-state index contributed by atoms with van der Waals surface area (Å²) in [5.41, 5.74) is -0.00204. The molecule has 1 saturated heterocycles. The molecule has 1 unspecified atom stereocenters. The van der Waals surface area contributed by atoms with Crippen LogP contribution in [0.15, 0.2) is 17.0 Å². The first-order chi connectivity index (χ1) is 9.71. The SMILES string of the molecule is CN(C(=O)c1cc(Cl)cc(S(=O)(=O)Cl)c1Cl)C1CCOC1. The molecule has 0 aliphatic carbocycles. The second kappa shape index (κ2) is 6.30. The smallest absolute Gasteiger partial charge is 0.262 e. The lowest BCUT2D eigenvalue weighted by Gasteiger charge is -2.24. The highest BCUT2D eigenvalue weighted by molar-refractivity contribution is 8.13. The molecule has 0 N–H and O–H groups in total. The van der Waals surface area contributed by atoms with Crippen LogP contribution in [0.2, 0.25) is 10.0 Å². The van der Waals surface area contributed by atoms with Crippen molar-refractivity contribution in [1.29, 1.82) is 0 Å². The van der Waals surface area contributed by atoms with Crippen LogP contribution in [-0.4, -0.2) is 45.5 Å². The Labute approximate surface area is 137 Å². The Kier molecular flexibility index (Phi) is 5.05. The van der Waals surface area contributed by atoms with Crippen LogP contribution in [0.5, 0.6) is 0 Å². The summed E-state index contributed by atoms with van der Waals surface area (Å²) in [6, 6.07) is 2.36. The van der Waals surface area contributed by atoms with Crippen LogP contribution in [0.25, 0.3) is 0 Å². The van der Waals surface area contributed by atoms with Crippen molar-refractivity contribution < 1.29 is 17.9 Å². The predicted octanol–water partition coefficient (Wildman–Crippen LogP) is 2.78. The molecule has 1 atom stereocenters. The van der Waals surface area contributed by atoms with Gasteiger partial charge in [0.15, 0.2) is 0 Å². The van der Waals surface area contributed by atoms with Gasteiger partial charge in [0, 0.05) is 29.4 Å². The van der Waals surface area contributed by atoms with E-state index in [1.807, 2.05) is 0 Å². The zero-order valence-electron chi connectivity index (χ0n) is 11.0. The van der Waals surface area contributed by atoms with E-state index in [0.29, 0.717) is 19.6 Å². The van der Waals surface area contributed by atoms with Crippen molar-refractivity contribution in [2.75, 3.05) is 20.3 Å². The van der Waals surface area contributed by atoms with E-state index in [0.717, 1.165) is 6.07 Å². The minimum Gasteiger partial charge on any atom is -0.379 e. The first kappa shape index (κ1) is 16.8. The molecule has 0 spiro atoms. The second-order valence-electron chi connectivity index (χ2n) is 4.64. The molecule has 1 aromatic rings. The molecular weight excluding hydrogens is 361 g/mol. The summed E-state index contributed by atoms with van der Waals surface area (Å²) in [6.45, 7) is 1.01. The molecule has 1 amide bonds. The van der Waals surface area contributed by atoms with E-state index in [9.17, 15) is 13.2 Å². The van der Waals surface area contributed by atoms with Crippen molar-refractivity contribution in [1.82, 2.24) is 4.90 Å². The number of amides is 1. The third-order valence-corrected chi connectivity index (χ3v) is 5.35. The first-order valence-electron chi connectivity index (χ1n) is 6.00. The molecule has 21 heavy (non-hydrogen) atoms. The van der Waals surface area contributed by atoms with E-state index >= 15 is 0 Å². The molecule has 0 saturated carbocycles. The summed E-state index contributed by atoms with van der Waals surface area (Å²) < 4.78 is 28.2. The Morgan fingerprint density at radius 3 is 2.57 bits per heavy atom. The molecular formula is C12H12Cl3NO4S. The number of hydrogen-bond acceptors (Lipinski definition) is 4. The van der Waals surface area contributed by atoms with Crippen LogP contribution in [0.4, 0.5) is 0 Å². The highest BCUT2D eigenvalue weighted by atomic mass is 35.7. The summed E-state index contributed by atoms with van der Waals surface area (Å²) in [5, 5.41) is -0.164. The van der Waals surface area contributed by atoms with Gasteiger partial charge < -0.3 is 9.64 Å². The number of halogens is 3. The summed E-state index contributed by atoms with van der Waals surface area (Å²) in [5.74, 6) is -0.431. The molecule has 1 aromatic carbocycles. The Morgan fingerprint density at radius 2 is 2.05 bits per heavy atom. The average Bonchev–Trinajstić information content (AvgIpc) is 2.92. The lowest BCUT2D eigenvalue weighted by molar-refractivity contribution is 0.0711. The van der Waals surface area contributed by atoms with Crippen LogP contribution in [0.3, 0.4) is 0 Å². The average molecular weight is 373 g/mol. The van der Waals surface area contributed by atoms with Crippen LogP contribution in [-0.2, 0) is 13.8 Å². The van der Waals surface area contributed by atoms with Crippen molar-refractivity contribution in [2.24, 2.45) is 0 Å². The topological polar surface area (TPSA) is 63.7 Å². The number of nitrogens with zero attached hydrogens (tertiary/aromatic N) is 1. The second-order valence-corrected chi connectivity index (χ2v) is 7.99. The van der Waals surface area contributed by atoms with Crippen molar-refractivity contribution in [2.45, 2.75) is 17.4 Å². The van der Waals surface area contributed by atoms with Crippen molar-refractivity contribution in [3.63, 3.8) is 0 Å². The Bertz CT molecular complexity index is 671. The van der Waals surface area contributed by atoms with Gasteiger partial charge in [0.25, 0.3) is 15.0 Å². The van der Waals surface area contributed by atoms with E-state index < -0.39 is 15.0 Å². The number of benzene rings is 1. The van der Waals surface area contributed by atoms with Gasteiger partial charge in [-0.1, -0.05) is 23.2 Å². The molecule has 116 valence electrons. The standard InChI is InChI=1S/C12H12Cl3NO4S/c1-16(8-2-3-20-6-8)12(17)9-4-7(13)5-10(11(9)14)21(15,18)19/h4-5,8H,2-3,6H2,1H3. The lowest BCUT2D eigenvalue weighted by Crippen LogP contribution is -2.37. The maximum atomic E-state index is 12.5. The number of likely N-dealkylation sites (N-methyl/N-ethyl adjacent to an activating group) is 1. The van der Waals surface area contributed by atoms with E-state index in [1.54, 1.807) is 7.05 Å². The zero-order valence-corrected chi connectivity index (χ0v) is 14.1. The highest BCUT2D eigenvalue weighted by Gasteiger charge is 2.28. The lowest BCUT2D eigenvalue weighted by atomic mass is 10.1. The van der Waals surface area contributed by atoms with E-state index in [2.05, 4.69) is 0 Å². The van der Waals surface area contributed by atoms with Gasteiger partial charge in [-0.15, -0.1) is 0 Å². The fourth-order valence-corrected chi connectivity index (χ4v) is 3.93. The fourth-order valence-electron chi connectivity index (χ4n) is 2.08. The van der Waals surface area contributed by atoms with Gasteiger partial charge in [0.05, 0.1) is 23.2 Å². The van der Waals surface area contributed by atoms with Crippen LogP contribution in [0.1, 0.15) is 16.8 Å². The van der Waals surface area contributed by atoms with E-state index in [-0.39, 0.29) is 26.5 Å². The Hall–Kier alpha value is -0.530. The summed E-state index contributed by atoms with van der Waals surface area (Å²) in [7, 11) is 2.81. The predicted molar refractivity (Wildman–Crippen MR) is 80.8 cm³/mol. The quantitative estimate of drug-likeness (QED) is 0.765. The molecule has 5 nitrogen and oxygen atoms in total. The number of rotatable bonds is 3. The highest BCUT2D eigenvalue weighted by Crippen LogP contribution is 2.32. The summed E-state index contributed by atoms with van der Waals surface area (Å²) in [4.78, 5) is 13.6. The molecule has 0 radical (unpaired) electrons. The largest absolute Gasteiger partial charge is 0.379 e. The normalized spacial score (nSPS) is 18.8. The molecule has 0 aromatic heterocycles. The van der Waals surface area contributed by atoms with E-state index in [1.165, 1.54) is 11.0 Å². The minimum atomic E-state index is -4.10. The van der Waals surface area contributed by atoms with Gasteiger partial charge in [0.2, 0.25) is 0 Å². The monoisotopic (exact) mass is 371 g/mol. The minimum absolute atomic E-state index is 0.00204. The molecule has 2 rings (SSSR count). The van der Waals surface area contributed by atoms with Crippen LogP contribution in [0, 0.1) is 0 Å². The van der Waals surface area contributed by atoms with Gasteiger partial charge in [0.1, 0.15) is 4.90 Å². The maximum Gasteiger partial charge on any atom is 0.262 e. The van der Waals surface area contributed by atoms with Gasteiger partial charge in [-0.05, 0) is 18.6 Å². The summed E-state index contributed by atoms with van der Waals surface area (Å²) >= 11 is 11.9. The van der Waals surface area contributed by atoms with Crippen molar-refractivity contribution >= 4 is 48.8 Å². The third kappa shape index (κ3) is 3.63. The maximum absolute atomic E-state index is 12.5. The number of carbonyl (C=O) groups excluding carboxylic acids is 1. The molecule has 1 aliphatic heterocycles. The Morgan fingerprint density at radius 1 is 1.38 bits per heavy atom. The van der Waals surface area contributed by atoms with Crippen molar-refractivity contribution in [3.8, 4) is 0 Å². The van der Waals surface area contributed by atoms with Gasteiger partial charge in [-0.2, -0.15) is 0 Å². The van der Waals surface area contributed by atoms with Crippen molar-refractivity contribution in [3.05, 3.63) is 27.7 Å². The number of carbonyl (C=O) groups is 1. The third-order valence-electron chi connectivity index (χ3n) is 3.27. The van der Waals surface area contributed by atoms with Crippen LogP contribution < -0.4 is 0 Å². The molecule has 0 bridgehead atoms. The van der Waals surface area contributed by atoms with E-state index in [4.69, 9.17) is 38.6 Å². The van der Waals surface area contributed by atoms with Crippen LogP contribution >= 0.6 is 33.9 Å². The zero-order chi connectivity index (χ0) is 15.8. The molecule has 1 aliphatic rings. The molecule has 1 heterocycles. The van der Waals surface area contributed by atoms with Gasteiger partial charge >= 0.3 is 0 Å². The van der Waals surface area contributed by atoms with Gasteiger partial charge in [-0.3, -0.25) is 4.79 Å². The number of hydrogen-bond donors (Lipinski definition) is 0. The first-order valence-corrected chi connectivity index (χ1v) is 9.07. The molecule has 9 heteroatoms. The summed E-state index contributed by atoms with van der Waals surface area (Å²) in [6.07, 6.45) is 0.709. The Balaban J connectivity index is 2.44. The fraction of sp³-hybridized carbons (Fsp3) is 0.417. The molecule has 1 fully saturated rings. The number of ether oxygens (including phenoxy) is 1. The van der Waals surface area contributed by atoms with Gasteiger partial charge in [-0.25, -0.2) is 8.42 Å².